The van der Waals surface area contributed by atoms with Gasteiger partial charge in [0, 0.05) is 31.6 Å². The van der Waals surface area contributed by atoms with Crippen molar-refractivity contribution < 1.29 is 4.79 Å². The van der Waals surface area contributed by atoms with Gasteiger partial charge in [-0.05, 0) is 32.2 Å². The second-order valence-corrected chi connectivity index (χ2v) is 4.89. The third-order valence-electron chi connectivity index (χ3n) is 3.83. The van der Waals surface area contributed by atoms with E-state index in [0.717, 1.165) is 32.5 Å². The first kappa shape index (κ1) is 8.72. The van der Waals surface area contributed by atoms with Gasteiger partial charge in [0.15, 0.2) is 0 Å². The Bertz CT molecular complexity index is 250. The van der Waals surface area contributed by atoms with Crippen molar-refractivity contribution in [2.24, 2.45) is 5.92 Å². The molecule has 14 heavy (non-hydrogen) atoms. The Morgan fingerprint density at radius 1 is 1.07 bits per heavy atom. The van der Waals surface area contributed by atoms with Gasteiger partial charge in [-0.25, -0.2) is 0 Å². The Hall–Kier alpha value is -0.570. The molecule has 0 aromatic rings. The zero-order chi connectivity index (χ0) is 9.54. The van der Waals surface area contributed by atoms with E-state index >= 15 is 0 Å². The van der Waals surface area contributed by atoms with Crippen molar-refractivity contribution in [1.82, 2.24) is 9.80 Å². The van der Waals surface area contributed by atoms with E-state index in [1.165, 1.54) is 19.4 Å². The molecule has 1 unspecified atom stereocenters. The third kappa shape index (κ3) is 1.44. The standard InChI is InChI=1S/C11H18N2O/c14-11(9-3-4-9)13-7-6-12-5-1-2-10(12)8-13/h9-10H,1-8H2. The molecule has 2 aliphatic heterocycles. The predicted molar refractivity (Wildman–Crippen MR) is 53.9 cm³/mol. The Labute approximate surface area is 85.1 Å². The highest BCUT2D eigenvalue weighted by Gasteiger charge is 2.38. The second kappa shape index (κ2) is 3.23. The lowest BCUT2D eigenvalue weighted by Crippen LogP contribution is -2.52. The maximum absolute atomic E-state index is 11.9. The van der Waals surface area contributed by atoms with E-state index in [2.05, 4.69) is 9.80 Å². The van der Waals surface area contributed by atoms with Gasteiger partial charge in [-0.2, -0.15) is 0 Å². The highest BCUT2D eigenvalue weighted by Crippen LogP contribution is 2.32. The third-order valence-corrected chi connectivity index (χ3v) is 3.83. The van der Waals surface area contributed by atoms with Crippen molar-refractivity contribution in [3.63, 3.8) is 0 Å². The van der Waals surface area contributed by atoms with Crippen molar-refractivity contribution in [2.45, 2.75) is 31.7 Å². The van der Waals surface area contributed by atoms with Crippen LogP contribution in [0, 0.1) is 5.92 Å². The van der Waals surface area contributed by atoms with Crippen molar-refractivity contribution in [3.8, 4) is 0 Å². The van der Waals surface area contributed by atoms with Gasteiger partial charge in [-0.15, -0.1) is 0 Å². The van der Waals surface area contributed by atoms with Crippen LogP contribution in [-0.4, -0.2) is 47.9 Å². The van der Waals surface area contributed by atoms with Gasteiger partial charge in [-0.3, -0.25) is 9.69 Å². The molecule has 0 N–H and O–H groups in total. The summed E-state index contributed by atoms with van der Waals surface area (Å²) in [7, 11) is 0. The molecule has 3 heteroatoms. The van der Waals surface area contributed by atoms with Gasteiger partial charge in [0.25, 0.3) is 0 Å². The van der Waals surface area contributed by atoms with Crippen LogP contribution in [0.15, 0.2) is 0 Å². The number of fused-ring (bicyclic) bond motifs is 1. The van der Waals surface area contributed by atoms with E-state index in [0.29, 0.717) is 17.9 Å². The first-order chi connectivity index (χ1) is 6.84. The van der Waals surface area contributed by atoms with Crippen LogP contribution >= 0.6 is 0 Å². The average molecular weight is 194 g/mol. The quantitative estimate of drug-likeness (QED) is 0.613. The Balaban J connectivity index is 1.63. The van der Waals surface area contributed by atoms with Crippen LogP contribution in [0.1, 0.15) is 25.7 Å². The average Bonchev–Trinajstić information content (AvgIpc) is 2.95. The minimum Gasteiger partial charge on any atom is -0.340 e. The van der Waals surface area contributed by atoms with Crippen LogP contribution in [0.3, 0.4) is 0 Å². The largest absolute Gasteiger partial charge is 0.340 e. The summed E-state index contributed by atoms with van der Waals surface area (Å²) in [6.45, 7) is 4.36. The lowest BCUT2D eigenvalue weighted by molar-refractivity contribution is -0.135. The van der Waals surface area contributed by atoms with E-state index in [1.807, 2.05) is 0 Å². The van der Waals surface area contributed by atoms with E-state index < -0.39 is 0 Å². The van der Waals surface area contributed by atoms with Crippen LogP contribution in [0.4, 0.5) is 0 Å². The van der Waals surface area contributed by atoms with Crippen LogP contribution in [0.25, 0.3) is 0 Å². The normalized spacial score (nSPS) is 33.1. The molecule has 2 saturated heterocycles. The fourth-order valence-corrected chi connectivity index (χ4v) is 2.78. The van der Waals surface area contributed by atoms with E-state index in [-0.39, 0.29) is 0 Å². The Morgan fingerprint density at radius 2 is 1.93 bits per heavy atom. The summed E-state index contributed by atoms with van der Waals surface area (Å²) in [5.41, 5.74) is 0. The molecular formula is C11H18N2O. The monoisotopic (exact) mass is 194 g/mol. The SMILES string of the molecule is O=C(C1CC1)N1CCN2CCCC2C1. The first-order valence-electron chi connectivity index (χ1n) is 5.87. The van der Waals surface area contributed by atoms with Gasteiger partial charge in [0.1, 0.15) is 0 Å². The molecule has 78 valence electrons. The van der Waals surface area contributed by atoms with Crippen molar-refractivity contribution >= 4 is 5.91 Å². The molecule has 0 aromatic heterocycles. The van der Waals surface area contributed by atoms with Crippen LogP contribution < -0.4 is 0 Å². The molecule has 0 radical (unpaired) electrons. The Morgan fingerprint density at radius 3 is 2.71 bits per heavy atom. The molecule has 0 bridgehead atoms. The minimum absolute atomic E-state index is 0.406. The minimum atomic E-state index is 0.406. The highest BCUT2D eigenvalue weighted by molar-refractivity contribution is 5.81. The summed E-state index contributed by atoms with van der Waals surface area (Å²) in [5.74, 6) is 0.847. The molecule has 3 fully saturated rings. The highest BCUT2D eigenvalue weighted by atomic mass is 16.2. The number of carbonyl (C=O) groups is 1. The summed E-state index contributed by atoms with van der Waals surface area (Å²) in [5, 5.41) is 0. The van der Waals surface area contributed by atoms with Gasteiger partial charge < -0.3 is 4.90 Å². The number of carbonyl (C=O) groups excluding carboxylic acids is 1. The maximum atomic E-state index is 11.9. The van der Waals surface area contributed by atoms with Crippen molar-refractivity contribution in [2.75, 3.05) is 26.2 Å². The number of rotatable bonds is 1. The fourth-order valence-electron chi connectivity index (χ4n) is 2.78. The lowest BCUT2D eigenvalue weighted by Gasteiger charge is -2.37. The van der Waals surface area contributed by atoms with Gasteiger partial charge >= 0.3 is 0 Å². The Kier molecular flexibility index (Phi) is 2.01. The second-order valence-electron chi connectivity index (χ2n) is 4.89. The maximum Gasteiger partial charge on any atom is 0.225 e. The smallest absolute Gasteiger partial charge is 0.225 e. The fraction of sp³-hybridized carbons (Fsp3) is 0.909. The summed E-state index contributed by atoms with van der Waals surface area (Å²) < 4.78 is 0. The van der Waals surface area contributed by atoms with Gasteiger partial charge in [0.05, 0.1) is 0 Å². The summed E-state index contributed by atoms with van der Waals surface area (Å²) >= 11 is 0. The van der Waals surface area contributed by atoms with Crippen LogP contribution in [0.5, 0.6) is 0 Å². The molecule has 1 aliphatic carbocycles. The molecular weight excluding hydrogens is 176 g/mol. The van der Waals surface area contributed by atoms with Crippen molar-refractivity contribution in [1.29, 1.82) is 0 Å². The first-order valence-corrected chi connectivity index (χ1v) is 5.87. The molecule has 2 heterocycles. The topological polar surface area (TPSA) is 23.6 Å². The molecule has 0 spiro atoms. The molecule has 1 amide bonds. The molecule has 1 atom stereocenters. The van der Waals surface area contributed by atoms with Crippen LogP contribution in [0.2, 0.25) is 0 Å². The predicted octanol–water partition coefficient (Wildman–Crippen LogP) is 0.703. The zero-order valence-corrected chi connectivity index (χ0v) is 8.61. The number of hydrogen-bond donors (Lipinski definition) is 0. The van der Waals surface area contributed by atoms with E-state index in [4.69, 9.17) is 0 Å². The van der Waals surface area contributed by atoms with E-state index in [9.17, 15) is 4.79 Å². The molecule has 3 rings (SSSR count). The number of piperazine rings is 1. The van der Waals surface area contributed by atoms with Crippen molar-refractivity contribution in [3.05, 3.63) is 0 Å². The van der Waals surface area contributed by atoms with Gasteiger partial charge in [-0.1, -0.05) is 0 Å². The molecule has 3 aliphatic rings. The summed E-state index contributed by atoms with van der Waals surface area (Å²) in [4.78, 5) is 16.5. The molecule has 0 aromatic carbocycles. The number of nitrogens with zero attached hydrogens (tertiary/aromatic N) is 2. The summed E-state index contributed by atoms with van der Waals surface area (Å²) in [6, 6.07) is 0.687. The lowest BCUT2D eigenvalue weighted by atomic mass is 10.1. The van der Waals surface area contributed by atoms with Crippen LogP contribution in [-0.2, 0) is 4.79 Å². The number of hydrogen-bond acceptors (Lipinski definition) is 2. The molecule has 1 saturated carbocycles. The summed E-state index contributed by atoms with van der Waals surface area (Å²) in [6.07, 6.45) is 4.91. The zero-order valence-electron chi connectivity index (χ0n) is 8.61. The van der Waals surface area contributed by atoms with E-state index in [1.54, 1.807) is 0 Å². The number of amides is 1. The molecule has 3 nitrogen and oxygen atoms in total. The van der Waals surface area contributed by atoms with Gasteiger partial charge in [0.2, 0.25) is 5.91 Å².